The molecule has 3 rings (SSSR count). The summed E-state index contributed by atoms with van der Waals surface area (Å²) in [4.78, 5) is 20.4. The molecule has 0 aliphatic rings. The van der Waals surface area contributed by atoms with E-state index in [-0.39, 0.29) is 5.91 Å². The predicted octanol–water partition coefficient (Wildman–Crippen LogP) is 2.44. The van der Waals surface area contributed by atoms with Crippen molar-refractivity contribution in [3.05, 3.63) is 89.4 Å². The van der Waals surface area contributed by atoms with Crippen LogP contribution in [0.1, 0.15) is 27.2 Å². The van der Waals surface area contributed by atoms with Gasteiger partial charge in [-0.2, -0.15) is 0 Å². The van der Waals surface area contributed by atoms with Crippen molar-refractivity contribution in [3.63, 3.8) is 0 Å². The van der Waals surface area contributed by atoms with Crippen LogP contribution >= 0.6 is 0 Å². The summed E-state index contributed by atoms with van der Waals surface area (Å²) in [5.41, 5.74) is 8.80. The minimum atomic E-state index is -0.122. The number of aromatic nitrogens is 2. The maximum Gasteiger partial charge on any atom is 0.251 e. The average Bonchev–Trinajstić information content (AvgIpc) is 2.71. The number of carbonyl (C=O) groups is 1. The average molecular weight is 348 g/mol. The zero-order valence-electron chi connectivity index (χ0n) is 14.3. The molecule has 0 spiro atoms. The van der Waals surface area contributed by atoms with Gasteiger partial charge in [0.2, 0.25) is 5.88 Å². The van der Waals surface area contributed by atoms with Crippen LogP contribution in [0, 0.1) is 0 Å². The second-order valence-electron chi connectivity index (χ2n) is 5.71. The topological polar surface area (TPSA) is 90.1 Å². The van der Waals surface area contributed by atoms with Crippen LogP contribution < -0.4 is 15.8 Å². The summed E-state index contributed by atoms with van der Waals surface area (Å²) in [5.74, 6) is 0.336. The van der Waals surface area contributed by atoms with Gasteiger partial charge in [0.25, 0.3) is 5.91 Å². The molecule has 3 aromatic rings. The quantitative estimate of drug-likeness (QED) is 0.684. The molecule has 1 aromatic heterocycles. The van der Waals surface area contributed by atoms with Crippen LogP contribution in [-0.4, -0.2) is 15.9 Å². The first-order valence-corrected chi connectivity index (χ1v) is 8.29. The standard InChI is InChI=1S/C20H20N4O2/c21-11-18-10-19(24-14-23-18)26-13-16-7-4-8-17(9-16)20(25)22-12-15-5-2-1-3-6-15/h1-10,14H,11-13,21H2,(H,22,25). The molecule has 6 nitrogen and oxygen atoms in total. The third kappa shape index (κ3) is 4.87. The van der Waals surface area contributed by atoms with Crippen molar-refractivity contribution < 1.29 is 9.53 Å². The first-order chi connectivity index (χ1) is 12.7. The molecule has 6 heteroatoms. The number of hydrogen-bond acceptors (Lipinski definition) is 5. The lowest BCUT2D eigenvalue weighted by Crippen LogP contribution is -2.22. The Balaban J connectivity index is 1.59. The smallest absolute Gasteiger partial charge is 0.251 e. The molecule has 0 unspecified atom stereocenters. The zero-order chi connectivity index (χ0) is 18.2. The van der Waals surface area contributed by atoms with Gasteiger partial charge in [0, 0.05) is 24.7 Å². The van der Waals surface area contributed by atoms with E-state index in [0.717, 1.165) is 11.1 Å². The Bertz CT molecular complexity index is 868. The minimum absolute atomic E-state index is 0.122. The summed E-state index contributed by atoms with van der Waals surface area (Å²) < 4.78 is 5.66. The van der Waals surface area contributed by atoms with Crippen molar-refractivity contribution in [2.75, 3.05) is 0 Å². The third-order valence-electron chi connectivity index (χ3n) is 3.78. The number of carbonyl (C=O) groups excluding carboxylic acids is 1. The summed E-state index contributed by atoms with van der Waals surface area (Å²) >= 11 is 0. The lowest BCUT2D eigenvalue weighted by atomic mass is 10.1. The highest BCUT2D eigenvalue weighted by atomic mass is 16.5. The Morgan fingerprint density at radius 3 is 2.62 bits per heavy atom. The number of benzene rings is 2. The fraction of sp³-hybridized carbons (Fsp3) is 0.150. The molecule has 26 heavy (non-hydrogen) atoms. The van der Waals surface area contributed by atoms with Crippen molar-refractivity contribution in [3.8, 4) is 5.88 Å². The number of amides is 1. The highest BCUT2D eigenvalue weighted by Gasteiger charge is 2.07. The largest absolute Gasteiger partial charge is 0.473 e. The zero-order valence-corrected chi connectivity index (χ0v) is 14.3. The molecule has 2 aromatic carbocycles. The second kappa shape index (κ2) is 8.73. The molecule has 1 amide bonds. The third-order valence-corrected chi connectivity index (χ3v) is 3.78. The van der Waals surface area contributed by atoms with E-state index in [1.165, 1.54) is 6.33 Å². The van der Waals surface area contributed by atoms with Gasteiger partial charge in [-0.15, -0.1) is 0 Å². The van der Waals surface area contributed by atoms with E-state index in [9.17, 15) is 4.79 Å². The lowest BCUT2D eigenvalue weighted by molar-refractivity contribution is 0.0950. The van der Waals surface area contributed by atoms with E-state index < -0.39 is 0 Å². The number of hydrogen-bond donors (Lipinski definition) is 2. The van der Waals surface area contributed by atoms with E-state index in [2.05, 4.69) is 15.3 Å². The Kier molecular flexibility index (Phi) is 5.90. The van der Waals surface area contributed by atoms with Crippen molar-refractivity contribution in [1.82, 2.24) is 15.3 Å². The maximum atomic E-state index is 12.3. The first kappa shape index (κ1) is 17.6. The number of nitrogens with two attached hydrogens (primary N) is 1. The van der Waals surface area contributed by atoms with Gasteiger partial charge in [-0.25, -0.2) is 9.97 Å². The Morgan fingerprint density at radius 2 is 1.81 bits per heavy atom. The summed E-state index contributed by atoms with van der Waals surface area (Å²) in [6, 6.07) is 18.8. The normalized spacial score (nSPS) is 10.3. The monoisotopic (exact) mass is 348 g/mol. The van der Waals surface area contributed by atoms with Gasteiger partial charge >= 0.3 is 0 Å². The molecule has 3 N–H and O–H groups in total. The Labute approximate surface area is 152 Å². The van der Waals surface area contributed by atoms with Crippen molar-refractivity contribution in [2.45, 2.75) is 19.7 Å². The van der Waals surface area contributed by atoms with Crippen molar-refractivity contribution in [1.29, 1.82) is 0 Å². The van der Waals surface area contributed by atoms with Gasteiger partial charge in [0.05, 0.1) is 5.69 Å². The summed E-state index contributed by atoms with van der Waals surface area (Å²) in [7, 11) is 0. The van der Waals surface area contributed by atoms with Gasteiger partial charge in [-0.05, 0) is 23.3 Å². The second-order valence-corrected chi connectivity index (χ2v) is 5.71. The van der Waals surface area contributed by atoms with Crippen molar-refractivity contribution >= 4 is 5.91 Å². The summed E-state index contributed by atoms with van der Waals surface area (Å²) in [6.07, 6.45) is 1.42. The van der Waals surface area contributed by atoms with Gasteiger partial charge < -0.3 is 15.8 Å². The van der Waals surface area contributed by atoms with Crippen LogP contribution in [-0.2, 0) is 19.7 Å². The fourth-order valence-electron chi connectivity index (χ4n) is 2.41. The molecule has 0 aliphatic heterocycles. The van der Waals surface area contributed by atoms with Crippen LogP contribution in [0.5, 0.6) is 5.88 Å². The summed E-state index contributed by atoms with van der Waals surface area (Å²) in [5, 5.41) is 2.92. The van der Waals surface area contributed by atoms with E-state index in [1.54, 1.807) is 12.1 Å². The molecule has 1 heterocycles. The van der Waals surface area contributed by atoms with E-state index in [4.69, 9.17) is 10.5 Å². The Morgan fingerprint density at radius 1 is 1.00 bits per heavy atom. The number of nitrogens with one attached hydrogen (secondary N) is 1. The molecular weight excluding hydrogens is 328 g/mol. The van der Waals surface area contributed by atoms with E-state index in [1.807, 2.05) is 48.5 Å². The Hall–Kier alpha value is -3.25. The predicted molar refractivity (Wildman–Crippen MR) is 98.3 cm³/mol. The summed E-state index contributed by atoms with van der Waals surface area (Å²) in [6.45, 7) is 1.12. The van der Waals surface area contributed by atoms with Crippen molar-refractivity contribution in [2.24, 2.45) is 5.73 Å². The lowest BCUT2D eigenvalue weighted by Gasteiger charge is -2.09. The van der Waals surface area contributed by atoms with Crippen LogP contribution in [0.4, 0.5) is 0 Å². The molecule has 0 fully saturated rings. The van der Waals surface area contributed by atoms with Crippen LogP contribution in [0.15, 0.2) is 67.0 Å². The highest BCUT2D eigenvalue weighted by Crippen LogP contribution is 2.12. The molecular formula is C20H20N4O2. The first-order valence-electron chi connectivity index (χ1n) is 8.29. The molecule has 0 bridgehead atoms. The van der Waals surface area contributed by atoms with Gasteiger partial charge in [0.1, 0.15) is 12.9 Å². The highest BCUT2D eigenvalue weighted by molar-refractivity contribution is 5.94. The molecule has 0 saturated heterocycles. The fourth-order valence-corrected chi connectivity index (χ4v) is 2.41. The van der Waals surface area contributed by atoms with E-state index >= 15 is 0 Å². The maximum absolute atomic E-state index is 12.3. The van der Waals surface area contributed by atoms with Crippen LogP contribution in [0.3, 0.4) is 0 Å². The molecule has 0 aliphatic carbocycles. The molecule has 0 saturated carbocycles. The van der Waals surface area contributed by atoms with E-state index in [0.29, 0.717) is 36.8 Å². The minimum Gasteiger partial charge on any atom is -0.473 e. The van der Waals surface area contributed by atoms with Crippen LogP contribution in [0.2, 0.25) is 0 Å². The molecule has 132 valence electrons. The van der Waals surface area contributed by atoms with Gasteiger partial charge in [0.15, 0.2) is 0 Å². The molecule has 0 atom stereocenters. The van der Waals surface area contributed by atoms with Crippen LogP contribution in [0.25, 0.3) is 0 Å². The SMILES string of the molecule is NCc1cc(OCc2cccc(C(=O)NCc3ccccc3)c2)ncn1. The molecule has 0 radical (unpaired) electrons. The number of rotatable bonds is 7. The number of ether oxygens (including phenoxy) is 1. The van der Waals surface area contributed by atoms with Gasteiger partial charge in [-0.3, -0.25) is 4.79 Å². The van der Waals surface area contributed by atoms with Gasteiger partial charge in [-0.1, -0.05) is 42.5 Å². The number of nitrogens with zero attached hydrogens (tertiary/aromatic N) is 2.